The van der Waals surface area contributed by atoms with E-state index in [9.17, 15) is 28.5 Å². The molecule has 0 aromatic rings. The molecule has 12 nitrogen and oxygen atoms in total. The van der Waals surface area contributed by atoms with Gasteiger partial charge in [-0.05, 0) is 57.8 Å². The zero-order valence-electron chi connectivity index (χ0n) is 33.5. The van der Waals surface area contributed by atoms with Crippen LogP contribution in [0.15, 0.2) is 60.8 Å². The number of unbranched alkanes of at least 4 members (excludes halogenated alkanes) is 11. The summed E-state index contributed by atoms with van der Waals surface area (Å²) < 4.78 is 58.6. The third kappa shape index (κ3) is 27.9. The molecule has 0 aromatic heterocycles. The molecule has 1 heterocycles. The predicted molar refractivity (Wildman–Crippen MR) is 216 cm³/mol. The summed E-state index contributed by atoms with van der Waals surface area (Å²) in [6.07, 6.45) is 31.6. The molecule has 1 fully saturated rings. The Morgan fingerprint density at radius 1 is 0.709 bits per heavy atom. The number of aliphatic hydroxyl groups is 3. The van der Waals surface area contributed by atoms with E-state index in [4.69, 9.17) is 23.5 Å². The van der Waals surface area contributed by atoms with E-state index in [0.717, 1.165) is 103 Å². The molecule has 0 bridgehead atoms. The first-order chi connectivity index (χ1) is 26.6. The number of esters is 1. The first-order valence-electron chi connectivity index (χ1n) is 20.5. The summed E-state index contributed by atoms with van der Waals surface area (Å²) in [5.41, 5.74) is 0. The number of hydrogen-bond acceptors (Lipinski definition) is 11. The van der Waals surface area contributed by atoms with Gasteiger partial charge in [-0.3, -0.25) is 9.35 Å². The van der Waals surface area contributed by atoms with Gasteiger partial charge in [0.2, 0.25) is 0 Å². The minimum Gasteiger partial charge on any atom is -0.457 e. The van der Waals surface area contributed by atoms with Crippen LogP contribution < -0.4 is 0 Å². The molecular weight excluding hydrogens is 729 g/mol. The SMILES string of the molecule is CC/C=C\C/C=C\C/C=C\C/C=C\C/C=C\CCCCCCCCOCC(COC1OC(CO)C(O)C(OS(=O)(=O)O)C1O)OC(=O)CCCCCCCC. The van der Waals surface area contributed by atoms with Gasteiger partial charge < -0.3 is 34.3 Å². The van der Waals surface area contributed by atoms with Crippen molar-refractivity contribution in [2.24, 2.45) is 0 Å². The molecule has 6 atom stereocenters. The van der Waals surface area contributed by atoms with Gasteiger partial charge in [-0.1, -0.05) is 132 Å². The Morgan fingerprint density at radius 3 is 1.84 bits per heavy atom. The summed E-state index contributed by atoms with van der Waals surface area (Å²) in [6.45, 7) is 3.73. The lowest BCUT2D eigenvalue weighted by atomic mass is 9.99. The van der Waals surface area contributed by atoms with Gasteiger partial charge in [0.1, 0.15) is 30.5 Å². The fourth-order valence-electron chi connectivity index (χ4n) is 5.81. The van der Waals surface area contributed by atoms with E-state index >= 15 is 0 Å². The highest BCUT2D eigenvalue weighted by molar-refractivity contribution is 7.80. The highest BCUT2D eigenvalue weighted by Crippen LogP contribution is 2.26. The molecule has 0 spiro atoms. The Bertz CT molecular complexity index is 1200. The van der Waals surface area contributed by atoms with E-state index in [1.165, 1.54) is 6.42 Å². The van der Waals surface area contributed by atoms with E-state index in [1.54, 1.807) is 0 Å². The number of carbonyl (C=O) groups is 1. The van der Waals surface area contributed by atoms with Gasteiger partial charge in [0.15, 0.2) is 6.29 Å². The molecule has 318 valence electrons. The average molecular weight is 801 g/mol. The minimum absolute atomic E-state index is 0.0231. The van der Waals surface area contributed by atoms with E-state index < -0.39 is 59.8 Å². The number of aliphatic hydroxyl groups excluding tert-OH is 3. The number of rotatable bonds is 34. The normalized spacial score (nSPS) is 21.6. The van der Waals surface area contributed by atoms with E-state index in [-0.39, 0.29) is 19.6 Å². The molecule has 0 saturated carbocycles. The average Bonchev–Trinajstić information content (AvgIpc) is 3.15. The fraction of sp³-hybridized carbons (Fsp3) is 0.738. The summed E-state index contributed by atoms with van der Waals surface area (Å²) in [7, 11) is -5.06. The Hall–Kier alpha value is -2.20. The van der Waals surface area contributed by atoms with Gasteiger partial charge in [0, 0.05) is 13.0 Å². The molecule has 13 heteroatoms. The monoisotopic (exact) mass is 800 g/mol. The van der Waals surface area contributed by atoms with Crippen LogP contribution in [-0.4, -0.2) is 97.5 Å². The molecule has 1 rings (SSSR count). The molecule has 0 aliphatic carbocycles. The summed E-state index contributed by atoms with van der Waals surface area (Å²) in [6, 6.07) is 0. The molecule has 55 heavy (non-hydrogen) atoms. The molecule has 0 aromatic carbocycles. The zero-order valence-corrected chi connectivity index (χ0v) is 34.3. The number of ether oxygens (including phenoxy) is 4. The zero-order chi connectivity index (χ0) is 40.4. The van der Waals surface area contributed by atoms with Gasteiger partial charge in [0.25, 0.3) is 0 Å². The maximum Gasteiger partial charge on any atom is 0.397 e. The van der Waals surface area contributed by atoms with Crippen LogP contribution in [0.1, 0.15) is 136 Å². The molecule has 1 saturated heterocycles. The molecule has 0 amide bonds. The molecule has 4 N–H and O–H groups in total. The number of hydrogen-bond donors (Lipinski definition) is 4. The van der Waals surface area contributed by atoms with Crippen molar-refractivity contribution in [2.75, 3.05) is 26.4 Å². The van der Waals surface area contributed by atoms with Crippen LogP contribution in [0.5, 0.6) is 0 Å². The van der Waals surface area contributed by atoms with Crippen molar-refractivity contribution >= 4 is 16.4 Å². The number of allylic oxidation sites excluding steroid dienone is 10. The van der Waals surface area contributed by atoms with Crippen LogP contribution >= 0.6 is 0 Å². The largest absolute Gasteiger partial charge is 0.457 e. The molecule has 0 radical (unpaired) electrons. The molecule has 6 unspecified atom stereocenters. The van der Waals surface area contributed by atoms with Crippen molar-refractivity contribution in [2.45, 2.75) is 173 Å². The van der Waals surface area contributed by atoms with E-state index in [2.05, 4.69) is 78.8 Å². The second-order valence-corrected chi connectivity index (χ2v) is 14.9. The molecular formula is C42H72O12S. The summed E-state index contributed by atoms with van der Waals surface area (Å²) in [5.74, 6) is -0.418. The third-order valence-corrected chi connectivity index (χ3v) is 9.37. The van der Waals surface area contributed by atoms with Crippen molar-refractivity contribution in [1.82, 2.24) is 0 Å². The standard InChI is InChI=1S/C42H72O12S/c1-3-5-7-9-11-12-13-14-15-16-17-18-19-20-21-22-23-24-25-26-28-30-32-50-34-36(52-38(44)31-29-27-10-8-6-4-2)35-51-42-40(46)41(54-55(47,48)49)39(45)37(33-43)53-42/h5,7,11-12,14-15,17-18,20-21,36-37,39-43,45-46H,3-4,6,8-10,13,16,19,22-35H2,1-2H3,(H,47,48,49)/b7-5-,12-11-,15-14-,18-17-,21-20-. The van der Waals surface area contributed by atoms with Gasteiger partial charge in [-0.2, -0.15) is 8.42 Å². The lowest BCUT2D eigenvalue weighted by Gasteiger charge is -2.41. The lowest BCUT2D eigenvalue weighted by molar-refractivity contribution is -0.301. The molecule has 1 aliphatic heterocycles. The lowest BCUT2D eigenvalue weighted by Crippen LogP contribution is -2.60. The fourth-order valence-corrected chi connectivity index (χ4v) is 6.32. The smallest absolute Gasteiger partial charge is 0.397 e. The highest BCUT2D eigenvalue weighted by Gasteiger charge is 2.48. The summed E-state index contributed by atoms with van der Waals surface area (Å²) in [4.78, 5) is 12.6. The maximum absolute atomic E-state index is 12.6. The maximum atomic E-state index is 12.6. The van der Waals surface area contributed by atoms with Crippen LogP contribution in [0.25, 0.3) is 0 Å². The van der Waals surface area contributed by atoms with Crippen LogP contribution in [0, 0.1) is 0 Å². The van der Waals surface area contributed by atoms with Crippen molar-refractivity contribution < 1.29 is 56.2 Å². The van der Waals surface area contributed by atoms with Crippen molar-refractivity contribution in [1.29, 1.82) is 0 Å². The quantitative estimate of drug-likeness (QED) is 0.0215. The number of carbonyl (C=O) groups excluding carboxylic acids is 1. The predicted octanol–water partition coefficient (Wildman–Crippen LogP) is 7.79. The Morgan fingerprint density at radius 2 is 1.25 bits per heavy atom. The van der Waals surface area contributed by atoms with Crippen molar-refractivity contribution in [3.05, 3.63) is 60.8 Å². The Kier molecular flexibility index (Phi) is 31.3. The first-order valence-corrected chi connectivity index (χ1v) is 21.9. The third-order valence-electron chi connectivity index (χ3n) is 8.90. The summed E-state index contributed by atoms with van der Waals surface area (Å²) >= 11 is 0. The van der Waals surface area contributed by atoms with Gasteiger partial charge >= 0.3 is 16.4 Å². The second-order valence-electron chi connectivity index (χ2n) is 13.9. The van der Waals surface area contributed by atoms with Gasteiger partial charge in [0.05, 0.1) is 19.8 Å². The highest BCUT2D eigenvalue weighted by atomic mass is 32.3. The van der Waals surface area contributed by atoms with Crippen LogP contribution in [-0.2, 0) is 38.3 Å². The summed E-state index contributed by atoms with van der Waals surface area (Å²) in [5, 5.41) is 30.5. The van der Waals surface area contributed by atoms with Crippen molar-refractivity contribution in [3.63, 3.8) is 0 Å². The Balaban J connectivity index is 2.36. The Labute approximate surface area is 331 Å². The van der Waals surface area contributed by atoms with Crippen LogP contribution in [0.4, 0.5) is 0 Å². The first kappa shape index (κ1) is 50.8. The second kappa shape index (κ2) is 33.9. The van der Waals surface area contributed by atoms with Crippen LogP contribution in [0.2, 0.25) is 0 Å². The topological polar surface area (TPSA) is 178 Å². The van der Waals surface area contributed by atoms with E-state index in [0.29, 0.717) is 13.0 Å². The molecule has 1 aliphatic rings. The van der Waals surface area contributed by atoms with Crippen LogP contribution in [0.3, 0.4) is 0 Å². The van der Waals surface area contributed by atoms with Gasteiger partial charge in [-0.25, -0.2) is 4.18 Å². The minimum atomic E-state index is -5.06. The van der Waals surface area contributed by atoms with E-state index in [1.807, 2.05) is 0 Å². The van der Waals surface area contributed by atoms with Gasteiger partial charge in [-0.15, -0.1) is 0 Å². The van der Waals surface area contributed by atoms with Crippen molar-refractivity contribution in [3.8, 4) is 0 Å².